The zero-order valence-corrected chi connectivity index (χ0v) is 10.0. The molecule has 0 bridgehead atoms. The van der Waals surface area contributed by atoms with Gasteiger partial charge in [0.25, 0.3) is 0 Å². The summed E-state index contributed by atoms with van der Waals surface area (Å²) in [5, 5.41) is 2.82. The SMILES string of the molecule is CCC[C@@H](C)C(=O)Nc1ccc(F)cc1C. The van der Waals surface area contributed by atoms with Gasteiger partial charge >= 0.3 is 0 Å². The van der Waals surface area contributed by atoms with Crippen molar-refractivity contribution in [2.24, 2.45) is 5.92 Å². The molecule has 1 amide bonds. The van der Waals surface area contributed by atoms with Crippen LogP contribution in [0.4, 0.5) is 10.1 Å². The average Bonchev–Trinajstić information content (AvgIpc) is 2.22. The number of carbonyl (C=O) groups excluding carboxylic acids is 1. The molecule has 0 saturated heterocycles. The van der Waals surface area contributed by atoms with Crippen LogP contribution in [0.3, 0.4) is 0 Å². The van der Waals surface area contributed by atoms with Crippen LogP contribution < -0.4 is 5.32 Å². The molecule has 16 heavy (non-hydrogen) atoms. The highest BCUT2D eigenvalue weighted by Crippen LogP contribution is 2.17. The van der Waals surface area contributed by atoms with E-state index in [1.54, 1.807) is 13.0 Å². The van der Waals surface area contributed by atoms with Crippen LogP contribution in [0.25, 0.3) is 0 Å². The van der Waals surface area contributed by atoms with Gasteiger partial charge in [0.05, 0.1) is 0 Å². The molecule has 0 aromatic heterocycles. The maximum atomic E-state index is 12.9. The Morgan fingerprint density at radius 1 is 1.50 bits per heavy atom. The summed E-state index contributed by atoms with van der Waals surface area (Å²) in [7, 11) is 0. The summed E-state index contributed by atoms with van der Waals surface area (Å²) in [6, 6.07) is 4.37. The van der Waals surface area contributed by atoms with Crippen molar-refractivity contribution in [2.75, 3.05) is 5.32 Å². The first-order valence-electron chi connectivity index (χ1n) is 5.61. The third-order valence-electron chi connectivity index (χ3n) is 2.62. The standard InChI is InChI=1S/C13H18FNO/c1-4-5-9(2)13(16)15-12-7-6-11(14)8-10(12)3/h6-9H,4-5H2,1-3H3,(H,15,16)/t9-/m1/s1. The van der Waals surface area contributed by atoms with E-state index >= 15 is 0 Å². The highest BCUT2D eigenvalue weighted by Gasteiger charge is 2.12. The first kappa shape index (κ1) is 12.7. The number of halogens is 1. The van der Waals surface area contributed by atoms with Crippen LogP contribution >= 0.6 is 0 Å². The summed E-state index contributed by atoms with van der Waals surface area (Å²) in [4.78, 5) is 11.7. The minimum atomic E-state index is -0.280. The number of hydrogen-bond donors (Lipinski definition) is 1. The lowest BCUT2D eigenvalue weighted by atomic mass is 10.1. The lowest BCUT2D eigenvalue weighted by molar-refractivity contribution is -0.119. The van der Waals surface area contributed by atoms with Crippen molar-refractivity contribution in [3.8, 4) is 0 Å². The van der Waals surface area contributed by atoms with Crippen molar-refractivity contribution < 1.29 is 9.18 Å². The third kappa shape index (κ3) is 3.33. The topological polar surface area (TPSA) is 29.1 Å². The molecule has 0 spiro atoms. The Morgan fingerprint density at radius 3 is 2.75 bits per heavy atom. The number of hydrogen-bond acceptors (Lipinski definition) is 1. The summed E-state index contributed by atoms with van der Waals surface area (Å²) in [6.45, 7) is 5.73. The molecular weight excluding hydrogens is 205 g/mol. The first-order valence-corrected chi connectivity index (χ1v) is 5.61. The van der Waals surface area contributed by atoms with Gasteiger partial charge in [-0.15, -0.1) is 0 Å². The van der Waals surface area contributed by atoms with E-state index in [1.165, 1.54) is 12.1 Å². The molecule has 1 rings (SSSR count). The summed E-state index contributed by atoms with van der Waals surface area (Å²) >= 11 is 0. The van der Waals surface area contributed by atoms with Crippen molar-refractivity contribution in [1.29, 1.82) is 0 Å². The van der Waals surface area contributed by atoms with Gasteiger partial charge in [0.15, 0.2) is 0 Å². The molecule has 0 unspecified atom stereocenters. The van der Waals surface area contributed by atoms with E-state index in [0.29, 0.717) is 5.69 Å². The van der Waals surface area contributed by atoms with Gasteiger partial charge in [0.1, 0.15) is 5.82 Å². The van der Waals surface area contributed by atoms with E-state index < -0.39 is 0 Å². The van der Waals surface area contributed by atoms with Crippen molar-refractivity contribution in [1.82, 2.24) is 0 Å². The minimum absolute atomic E-state index is 0.00319. The van der Waals surface area contributed by atoms with Crippen molar-refractivity contribution in [3.63, 3.8) is 0 Å². The summed E-state index contributed by atoms with van der Waals surface area (Å²) < 4.78 is 12.9. The van der Waals surface area contributed by atoms with Gasteiger partial charge in [-0.2, -0.15) is 0 Å². The van der Waals surface area contributed by atoms with E-state index in [9.17, 15) is 9.18 Å². The zero-order valence-electron chi connectivity index (χ0n) is 10.0. The van der Waals surface area contributed by atoms with Crippen LogP contribution in [0.5, 0.6) is 0 Å². The number of amides is 1. The Labute approximate surface area is 95.9 Å². The predicted molar refractivity (Wildman–Crippen MR) is 63.8 cm³/mol. The maximum absolute atomic E-state index is 12.9. The smallest absolute Gasteiger partial charge is 0.227 e. The number of nitrogens with one attached hydrogen (secondary N) is 1. The maximum Gasteiger partial charge on any atom is 0.227 e. The van der Waals surface area contributed by atoms with E-state index in [-0.39, 0.29) is 17.6 Å². The fourth-order valence-electron chi connectivity index (χ4n) is 1.59. The van der Waals surface area contributed by atoms with Gasteiger partial charge in [0, 0.05) is 11.6 Å². The molecule has 1 aromatic rings. The normalized spacial score (nSPS) is 12.2. The quantitative estimate of drug-likeness (QED) is 0.831. The van der Waals surface area contributed by atoms with Gasteiger partial charge in [-0.3, -0.25) is 4.79 Å². The van der Waals surface area contributed by atoms with Crippen molar-refractivity contribution in [3.05, 3.63) is 29.6 Å². The predicted octanol–water partition coefficient (Wildman–Crippen LogP) is 3.51. The summed E-state index contributed by atoms with van der Waals surface area (Å²) in [5.74, 6) is -0.289. The van der Waals surface area contributed by atoms with Crippen LogP contribution in [0, 0.1) is 18.7 Å². The Morgan fingerprint density at radius 2 is 2.19 bits per heavy atom. The fraction of sp³-hybridized carbons (Fsp3) is 0.462. The molecule has 2 nitrogen and oxygen atoms in total. The van der Waals surface area contributed by atoms with Gasteiger partial charge < -0.3 is 5.32 Å². The van der Waals surface area contributed by atoms with E-state index in [2.05, 4.69) is 5.32 Å². The Hall–Kier alpha value is -1.38. The molecule has 1 atom stereocenters. The van der Waals surface area contributed by atoms with Gasteiger partial charge in [-0.1, -0.05) is 20.3 Å². The molecule has 0 radical (unpaired) electrons. The van der Waals surface area contributed by atoms with Crippen molar-refractivity contribution >= 4 is 11.6 Å². The molecular formula is C13H18FNO. The van der Waals surface area contributed by atoms with Crippen LogP contribution in [0.15, 0.2) is 18.2 Å². The molecule has 0 saturated carbocycles. The second-order valence-corrected chi connectivity index (χ2v) is 4.14. The molecule has 0 aliphatic carbocycles. The lowest BCUT2D eigenvalue weighted by Crippen LogP contribution is -2.20. The van der Waals surface area contributed by atoms with Gasteiger partial charge in [-0.25, -0.2) is 4.39 Å². The van der Waals surface area contributed by atoms with Crippen molar-refractivity contribution in [2.45, 2.75) is 33.6 Å². The largest absolute Gasteiger partial charge is 0.326 e. The zero-order chi connectivity index (χ0) is 12.1. The highest BCUT2D eigenvalue weighted by molar-refractivity contribution is 5.92. The van der Waals surface area contributed by atoms with E-state index in [0.717, 1.165) is 18.4 Å². The first-order chi connectivity index (χ1) is 7.54. The van der Waals surface area contributed by atoms with E-state index in [4.69, 9.17) is 0 Å². The Bertz CT molecular complexity index is 376. The van der Waals surface area contributed by atoms with Crippen LogP contribution in [-0.2, 0) is 4.79 Å². The molecule has 0 aliphatic heterocycles. The second-order valence-electron chi connectivity index (χ2n) is 4.14. The number of benzene rings is 1. The number of rotatable bonds is 4. The lowest BCUT2D eigenvalue weighted by Gasteiger charge is -2.12. The molecule has 0 heterocycles. The van der Waals surface area contributed by atoms with Gasteiger partial charge in [-0.05, 0) is 37.1 Å². The molecule has 3 heteroatoms. The monoisotopic (exact) mass is 223 g/mol. The molecule has 1 N–H and O–H groups in total. The molecule has 0 aliphatic rings. The molecule has 1 aromatic carbocycles. The second kappa shape index (κ2) is 5.64. The number of anilines is 1. The Kier molecular flexibility index (Phi) is 4.47. The van der Waals surface area contributed by atoms with Gasteiger partial charge in [0.2, 0.25) is 5.91 Å². The highest BCUT2D eigenvalue weighted by atomic mass is 19.1. The third-order valence-corrected chi connectivity index (χ3v) is 2.62. The number of aryl methyl sites for hydroxylation is 1. The fourth-order valence-corrected chi connectivity index (χ4v) is 1.59. The van der Waals surface area contributed by atoms with E-state index in [1.807, 2.05) is 13.8 Å². The van der Waals surface area contributed by atoms with Crippen LogP contribution in [0.1, 0.15) is 32.3 Å². The molecule has 88 valence electrons. The Balaban J connectivity index is 2.69. The minimum Gasteiger partial charge on any atom is -0.326 e. The van der Waals surface area contributed by atoms with Crippen LogP contribution in [-0.4, -0.2) is 5.91 Å². The molecule has 0 fully saturated rings. The summed E-state index contributed by atoms with van der Waals surface area (Å²) in [6.07, 6.45) is 1.85. The summed E-state index contributed by atoms with van der Waals surface area (Å²) in [5.41, 5.74) is 1.44. The average molecular weight is 223 g/mol. The number of carbonyl (C=O) groups is 1. The van der Waals surface area contributed by atoms with Crippen LogP contribution in [0.2, 0.25) is 0 Å².